The molecule has 1 saturated carbocycles. The van der Waals surface area contributed by atoms with Crippen molar-refractivity contribution in [2.75, 3.05) is 7.11 Å². The van der Waals surface area contributed by atoms with Crippen LogP contribution in [-0.2, 0) is 9.53 Å². The average molecular weight is 500 g/mol. The molecule has 1 heterocycles. The van der Waals surface area contributed by atoms with Crippen molar-refractivity contribution in [1.29, 1.82) is 0 Å². The van der Waals surface area contributed by atoms with E-state index in [0.717, 1.165) is 69.8 Å². The molecule has 3 unspecified atom stereocenters. The Morgan fingerprint density at radius 3 is 2.69 bits per heavy atom. The second-order valence-corrected chi connectivity index (χ2v) is 12.0. The molecule has 0 radical (unpaired) electrons. The molecule has 0 aromatic heterocycles. The van der Waals surface area contributed by atoms with Crippen molar-refractivity contribution < 1.29 is 14.6 Å². The number of ether oxygens (including phenoxy) is 1. The number of rotatable bonds is 11. The van der Waals surface area contributed by atoms with Crippen LogP contribution in [0.1, 0.15) is 94.3 Å². The normalized spacial score (nSPS) is 25.5. The first-order chi connectivity index (χ1) is 15.4. The second kappa shape index (κ2) is 12.1. The third kappa shape index (κ3) is 6.68. The molecule has 0 spiro atoms. The first kappa shape index (κ1) is 25.9. The zero-order valence-electron chi connectivity index (χ0n) is 19.2. The Morgan fingerprint density at radius 1 is 1.25 bits per heavy atom. The molecule has 1 aliphatic heterocycles. The maximum Gasteiger partial charge on any atom is 0.319 e. The van der Waals surface area contributed by atoms with Gasteiger partial charge in [0.25, 0.3) is 0 Å². The van der Waals surface area contributed by atoms with Crippen LogP contribution >= 0.6 is 35.0 Å². The molecule has 0 amide bonds. The Hall–Kier alpha value is -0.680. The van der Waals surface area contributed by atoms with Gasteiger partial charge in [0.05, 0.1) is 13.2 Å². The summed E-state index contributed by atoms with van der Waals surface area (Å²) in [6.45, 7) is 2.17. The second-order valence-electron chi connectivity index (χ2n) is 9.14. The smallest absolute Gasteiger partial charge is 0.319 e. The van der Waals surface area contributed by atoms with Gasteiger partial charge in [-0.25, -0.2) is 0 Å². The van der Waals surface area contributed by atoms with E-state index in [1.807, 2.05) is 12.1 Å². The molecular weight excluding hydrogens is 463 g/mol. The van der Waals surface area contributed by atoms with Crippen molar-refractivity contribution in [1.82, 2.24) is 0 Å². The maximum atomic E-state index is 11.7. The number of unbranched alkanes of at least 4 members (excludes halogenated alkanes) is 2. The van der Waals surface area contributed by atoms with Crippen LogP contribution in [0.3, 0.4) is 0 Å². The van der Waals surface area contributed by atoms with Crippen LogP contribution in [0.15, 0.2) is 35.2 Å². The van der Waals surface area contributed by atoms with Crippen molar-refractivity contribution in [3.8, 4) is 0 Å². The molecule has 3 nitrogen and oxygen atoms in total. The van der Waals surface area contributed by atoms with Crippen LogP contribution in [0.5, 0.6) is 0 Å². The number of carbonyl (C=O) groups excluding carboxylic acids is 1. The quantitative estimate of drug-likeness (QED) is 0.193. The fraction of sp³-hybridized carbons (Fsp3) is 0.654. The number of hydrogen-bond donors (Lipinski definition) is 1. The number of hydrogen-bond acceptors (Lipinski definition) is 4. The van der Waals surface area contributed by atoms with E-state index in [0.29, 0.717) is 5.92 Å². The number of methoxy groups -OCH3 is 1. The van der Waals surface area contributed by atoms with Gasteiger partial charge >= 0.3 is 5.97 Å². The average Bonchev–Trinajstić information content (AvgIpc) is 3.37. The number of esters is 1. The molecule has 6 heteroatoms. The van der Waals surface area contributed by atoms with E-state index >= 15 is 0 Å². The lowest BCUT2D eigenvalue weighted by Crippen LogP contribution is -2.21. The Bertz CT molecular complexity index is 778. The molecule has 0 saturated heterocycles. The molecule has 1 N–H and O–H groups in total. The Kier molecular flexibility index (Phi) is 9.85. The van der Waals surface area contributed by atoms with Crippen LogP contribution in [0.25, 0.3) is 0 Å². The van der Waals surface area contributed by atoms with E-state index in [9.17, 15) is 9.90 Å². The summed E-state index contributed by atoms with van der Waals surface area (Å²) in [7, 11) is 1.45. The largest absolute Gasteiger partial charge is 0.468 e. The number of halogens is 2. The zero-order valence-corrected chi connectivity index (χ0v) is 21.5. The summed E-state index contributed by atoms with van der Waals surface area (Å²) in [5.74, 6) is 0.406. The lowest BCUT2D eigenvalue weighted by Gasteiger charge is -2.28. The summed E-state index contributed by atoms with van der Waals surface area (Å²) < 4.78 is 4.12. The highest BCUT2D eigenvalue weighted by molar-refractivity contribution is 8.04. The van der Waals surface area contributed by atoms with E-state index in [4.69, 9.17) is 27.9 Å². The van der Waals surface area contributed by atoms with E-state index in [1.54, 1.807) is 11.8 Å². The van der Waals surface area contributed by atoms with E-state index < -0.39 is 10.4 Å². The number of thioether (sulfide) groups is 1. The van der Waals surface area contributed by atoms with Crippen molar-refractivity contribution in [3.63, 3.8) is 0 Å². The third-order valence-electron chi connectivity index (χ3n) is 6.85. The molecule has 178 valence electrons. The fourth-order valence-corrected chi connectivity index (χ4v) is 7.08. The number of alkyl halides is 2. The van der Waals surface area contributed by atoms with Crippen LogP contribution in [0, 0.1) is 5.92 Å². The van der Waals surface area contributed by atoms with Gasteiger partial charge in [-0.15, -0.1) is 35.0 Å². The van der Waals surface area contributed by atoms with Gasteiger partial charge in [0.1, 0.15) is 9.58 Å². The molecule has 1 fully saturated rings. The number of allylic oxidation sites excluding steroid dienone is 2. The predicted octanol–water partition coefficient (Wildman–Crippen LogP) is 7.70. The van der Waals surface area contributed by atoms with Crippen LogP contribution in [-0.4, -0.2) is 27.8 Å². The van der Waals surface area contributed by atoms with Gasteiger partial charge in [-0.3, -0.25) is 4.79 Å². The van der Waals surface area contributed by atoms with E-state index in [-0.39, 0.29) is 17.1 Å². The van der Waals surface area contributed by atoms with Crippen LogP contribution < -0.4 is 0 Å². The topological polar surface area (TPSA) is 46.5 Å². The van der Waals surface area contributed by atoms with Gasteiger partial charge in [-0.2, -0.15) is 0 Å². The summed E-state index contributed by atoms with van der Waals surface area (Å²) >= 11 is 15.2. The summed E-state index contributed by atoms with van der Waals surface area (Å²) in [6, 6.07) is 8.30. The van der Waals surface area contributed by atoms with Gasteiger partial charge < -0.3 is 9.84 Å². The highest BCUT2D eigenvalue weighted by atomic mass is 35.5. The molecule has 32 heavy (non-hydrogen) atoms. The van der Waals surface area contributed by atoms with E-state index in [2.05, 4.69) is 25.1 Å². The van der Waals surface area contributed by atoms with Crippen LogP contribution in [0.2, 0.25) is 0 Å². The SMILES string of the molecule is CCCCCC(O)c1ccc(C2[C@@H](CCCC3=CCC(C(=O)OC)S3)CCC2(Cl)Cl)cc1. The summed E-state index contributed by atoms with van der Waals surface area (Å²) in [5, 5.41) is 10.4. The summed E-state index contributed by atoms with van der Waals surface area (Å²) in [6.07, 6.45) is 11.6. The Labute approximate surface area is 207 Å². The molecule has 2 aliphatic rings. The number of aliphatic hydroxyl groups is 1. The first-order valence-electron chi connectivity index (χ1n) is 11.9. The highest BCUT2D eigenvalue weighted by Crippen LogP contribution is 2.55. The first-order valence-corrected chi connectivity index (χ1v) is 13.6. The molecule has 1 aromatic rings. The lowest BCUT2D eigenvalue weighted by molar-refractivity contribution is -0.139. The monoisotopic (exact) mass is 498 g/mol. The number of carbonyl (C=O) groups is 1. The van der Waals surface area contributed by atoms with Crippen molar-refractivity contribution in [3.05, 3.63) is 46.4 Å². The molecule has 1 aromatic carbocycles. The maximum absolute atomic E-state index is 11.7. The van der Waals surface area contributed by atoms with Crippen molar-refractivity contribution in [2.45, 2.75) is 92.7 Å². The molecular formula is C26H36Cl2O3S. The third-order valence-corrected chi connectivity index (χ3v) is 9.04. The number of benzene rings is 1. The van der Waals surface area contributed by atoms with Crippen LogP contribution in [0.4, 0.5) is 0 Å². The minimum absolute atomic E-state index is 0.0802. The van der Waals surface area contributed by atoms with Gasteiger partial charge in [0.15, 0.2) is 0 Å². The summed E-state index contributed by atoms with van der Waals surface area (Å²) in [5.41, 5.74) is 2.14. The highest BCUT2D eigenvalue weighted by Gasteiger charge is 2.46. The molecule has 1 aliphatic carbocycles. The molecule has 4 atom stereocenters. The number of aliphatic hydroxyl groups excluding tert-OH is 1. The van der Waals surface area contributed by atoms with E-state index in [1.165, 1.54) is 17.6 Å². The van der Waals surface area contributed by atoms with Gasteiger partial charge in [0.2, 0.25) is 0 Å². The Morgan fingerprint density at radius 2 is 2.00 bits per heavy atom. The predicted molar refractivity (Wildman–Crippen MR) is 135 cm³/mol. The van der Waals surface area contributed by atoms with Gasteiger partial charge in [0, 0.05) is 5.92 Å². The van der Waals surface area contributed by atoms with Crippen molar-refractivity contribution >= 4 is 40.9 Å². The van der Waals surface area contributed by atoms with Gasteiger partial charge in [-0.1, -0.05) is 56.5 Å². The minimum atomic E-state index is -0.747. The fourth-order valence-electron chi connectivity index (χ4n) is 5.04. The molecule has 0 bridgehead atoms. The van der Waals surface area contributed by atoms with Gasteiger partial charge in [-0.05, 0) is 66.9 Å². The lowest BCUT2D eigenvalue weighted by atomic mass is 9.84. The summed E-state index contributed by atoms with van der Waals surface area (Å²) in [4.78, 5) is 13.0. The molecule has 3 rings (SSSR count). The zero-order chi connectivity index (χ0) is 23.1. The minimum Gasteiger partial charge on any atom is -0.468 e. The van der Waals surface area contributed by atoms with Crippen molar-refractivity contribution in [2.24, 2.45) is 5.92 Å². The Balaban J connectivity index is 1.56. The standard InChI is InChI=1S/C26H36Cl2O3S/c1-3-4-5-9-22(29)18-10-12-20(13-11-18)24-19(16-17-26(24,27)28)7-6-8-21-14-15-23(32-21)25(30)31-2/h10-14,19,22-24,29H,3-9,15-17H2,1-2H3/t19-,22?,23?,24?/m0/s1.